The number of nitrogens with one attached hydrogen (secondary N) is 3. The minimum Gasteiger partial charge on any atom is -0.326 e. The Kier molecular flexibility index (Phi) is 4.45. The normalized spacial score (nSPS) is 9.95. The summed E-state index contributed by atoms with van der Waals surface area (Å²) in [6.45, 7) is 1.43. The van der Waals surface area contributed by atoms with E-state index in [0.29, 0.717) is 11.5 Å². The topological polar surface area (TPSA) is 104 Å². The predicted octanol–water partition coefficient (Wildman–Crippen LogP) is 0.909. The molecule has 1 aromatic carbocycles. The van der Waals surface area contributed by atoms with Gasteiger partial charge in [-0.1, -0.05) is 12.1 Å². The Bertz CT molecular complexity index is 707. The summed E-state index contributed by atoms with van der Waals surface area (Å²) in [6.07, 6.45) is 1.47. The Morgan fingerprint density at radius 2 is 1.86 bits per heavy atom. The van der Waals surface area contributed by atoms with Crippen molar-refractivity contribution in [3.8, 4) is 0 Å². The molecule has 0 unspecified atom stereocenters. The van der Waals surface area contributed by atoms with Gasteiger partial charge in [0.15, 0.2) is 0 Å². The van der Waals surface area contributed by atoms with Gasteiger partial charge in [-0.2, -0.15) is 0 Å². The van der Waals surface area contributed by atoms with Crippen molar-refractivity contribution in [1.29, 1.82) is 0 Å². The van der Waals surface area contributed by atoms with Crippen molar-refractivity contribution in [2.45, 2.75) is 13.3 Å². The number of carbonyl (C=O) groups excluding carboxylic acids is 2. The molecule has 0 bridgehead atoms. The SMILES string of the molecule is CC(=O)Nc1ccc(CC(=O)Nc2ccnc(=O)[nH]2)cc1. The molecule has 0 aliphatic rings. The Labute approximate surface area is 120 Å². The van der Waals surface area contributed by atoms with Gasteiger partial charge in [0.1, 0.15) is 5.82 Å². The van der Waals surface area contributed by atoms with Crippen LogP contribution in [0.25, 0.3) is 0 Å². The molecule has 0 spiro atoms. The molecule has 0 saturated carbocycles. The van der Waals surface area contributed by atoms with Gasteiger partial charge >= 0.3 is 5.69 Å². The van der Waals surface area contributed by atoms with E-state index in [-0.39, 0.29) is 18.2 Å². The number of carbonyl (C=O) groups is 2. The molecule has 0 radical (unpaired) electrons. The van der Waals surface area contributed by atoms with Crippen LogP contribution in [0.5, 0.6) is 0 Å². The Morgan fingerprint density at radius 1 is 1.14 bits per heavy atom. The van der Waals surface area contributed by atoms with Gasteiger partial charge in [-0.15, -0.1) is 0 Å². The van der Waals surface area contributed by atoms with Crippen LogP contribution in [0.1, 0.15) is 12.5 Å². The van der Waals surface area contributed by atoms with Gasteiger partial charge in [0.05, 0.1) is 6.42 Å². The van der Waals surface area contributed by atoms with E-state index in [0.717, 1.165) is 5.56 Å². The molecular weight excluding hydrogens is 272 g/mol. The first-order chi connectivity index (χ1) is 10.0. The fourth-order valence-electron chi connectivity index (χ4n) is 1.73. The lowest BCUT2D eigenvalue weighted by Gasteiger charge is -2.06. The maximum Gasteiger partial charge on any atom is 0.346 e. The van der Waals surface area contributed by atoms with E-state index in [1.165, 1.54) is 19.2 Å². The zero-order chi connectivity index (χ0) is 15.2. The van der Waals surface area contributed by atoms with E-state index < -0.39 is 5.69 Å². The minimum atomic E-state index is -0.521. The first-order valence-electron chi connectivity index (χ1n) is 6.24. The largest absolute Gasteiger partial charge is 0.346 e. The predicted molar refractivity (Wildman–Crippen MR) is 77.9 cm³/mol. The van der Waals surface area contributed by atoms with E-state index in [4.69, 9.17) is 0 Å². The first-order valence-corrected chi connectivity index (χ1v) is 6.24. The van der Waals surface area contributed by atoms with E-state index in [2.05, 4.69) is 20.6 Å². The fourth-order valence-corrected chi connectivity index (χ4v) is 1.73. The molecule has 7 heteroatoms. The maximum atomic E-state index is 11.8. The van der Waals surface area contributed by atoms with Crippen LogP contribution in [0.15, 0.2) is 41.3 Å². The van der Waals surface area contributed by atoms with Gasteiger partial charge in [-0.05, 0) is 23.8 Å². The van der Waals surface area contributed by atoms with Crippen LogP contribution < -0.4 is 16.3 Å². The third-order valence-electron chi connectivity index (χ3n) is 2.59. The van der Waals surface area contributed by atoms with E-state index >= 15 is 0 Å². The molecular formula is C14H14N4O3. The van der Waals surface area contributed by atoms with Crippen LogP contribution in [0.4, 0.5) is 11.5 Å². The number of anilines is 2. The molecule has 0 aliphatic carbocycles. The second-order valence-corrected chi connectivity index (χ2v) is 4.39. The number of benzene rings is 1. The number of aromatic amines is 1. The summed E-state index contributed by atoms with van der Waals surface area (Å²) in [5.41, 5.74) is 0.940. The zero-order valence-electron chi connectivity index (χ0n) is 11.3. The minimum absolute atomic E-state index is 0.151. The smallest absolute Gasteiger partial charge is 0.326 e. The van der Waals surface area contributed by atoms with Crippen molar-refractivity contribution in [2.75, 3.05) is 10.6 Å². The summed E-state index contributed by atoms with van der Waals surface area (Å²) in [7, 11) is 0. The van der Waals surface area contributed by atoms with Gasteiger partial charge in [0.25, 0.3) is 0 Å². The average Bonchev–Trinajstić information content (AvgIpc) is 2.40. The first kappa shape index (κ1) is 14.4. The van der Waals surface area contributed by atoms with E-state index in [1.807, 2.05) is 0 Å². The molecule has 3 N–H and O–H groups in total. The summed E-state index contributed by atoms with van der Waals surface area (Å²) >= 11 is 0. The molecule has 0 fully saturated rings. The number of rotatable bonds is 4. The second kappa shape index (κ2) is 6.47. The van der Waals surface area contributed by atoms with Crippen molar-refractivity contribution in [3.63, 3.8) is 0 Å². The van der Waals surface area contributed by atoms with Gasteiger partial charge in [0.2, 0.25) is 11.8 Å². The third-order valence-corrected chi connectivity index (χ3v) is 2.59. The van der Waals surface area contributed by atoms with E-state index in [9.17, 15) is 14.4 Å². The number of hydrogen-bond donors (Lipinski definition) is 3. The number of hydrogen-bond acceptors (Lipinski definition) is 4. The van der Waals surface area contributed by atoms with Crippen LogP contribution >= 0.6 is 0 Å². The molecule has 108 valence electrons. The molecule has 2 amide bonds. The van der Waals surface area contributed by atoms with Crippen LogP contribution in [0.2, 0.25) is 0 Å². The summed E-state index contributed by atoms with van der Waals surface area (Å²) in [5, 5.41) is 5.22. The van der Waals surface area contributed by atoms with Gasteiger partial charge < -0.3 is 10.6 Å². The van der Waals surface area contributed by atoms with Crippen molar-refractivity contribution in [3.05, 3.63) is 52.6 Å². The highest BCUT2D eigenvalue weighted by molar-refractivity contribution is 5.91. The van der Waals surface area contributed by atoms with Crippen molar-refractivity contribution in [1.82, 2.24) is 9.97 Å². The lowest BCUT2D eigenvalue weighted by molar-refractivity contribution is -0.116. The Hall–Kier alpha value is -2.96. The highest BCUT2D eigenvalue weighted by Gasteiger charge is 2.05. The number of aromatic nitrogens is 2. The highest BCUT2D eigenvalue weighted by atomic mass is 16.2. The van der Waals surface area contributed by atoms with Crippen LogP contribution in [0, 0.1) is 0 Å². The Morgan fingerprint density at radius 3 is 2.48 bits per heavy atom. The highest BCUT2D eigenvalue weighted by Crippen LogP contribution is 2.10. The molecule has 0 aliphatic heterocycles. The lowest BCUT2D eigenvalue weighted by Crippen LogP contribution is -2.19. The molecule has 1 heterocycles. The average molecular weight is 286 g/mol. The molecule has 0 atom stereocenters. The summed E-state index contributed by atoms with van der Waals surface area (Å²) < 4.78 is 0. The number of nitrogens with zero attached hydrogens (tertiary/aromatic N) is 1. The fraction of sp³-hybridized carbons (Fsp3) is 0.143. The van der Waals surface area contributed by atoms with Crippen LogP contribution in [0.3, 0.4) is 0 Å². The molecule has 7 nitrogen and oxygen atoms in total. The zero-order valence-corrected chi connectivity index (χ0v) is 11.3. The number of amides is 2. The van der Waals surface area contributed by atoms with Crippen LogP contribution in [-0.2, 0) is 16.0 Å². The van der Waals surface area contributed by atoms with Gasteiger partial charge in [-0.3, -0.25) is 14.6 Å². The number of H-pyrrole nitrogens is 1. The molecule has 2 rings (SSSR count). The van der Waals surface area contributed by atoms with E-state index in [1.54, 1.807) is 24.3 Å². The van der Waals surface area contributed by atoms with Gasteiger partial charge in [-0.25, -0.2) is 9.78 Å². The molecule has 1 aromatic heterocycles. The van der Waals surface area contributed by atoms with Gasteiger partial charge in [0, 0.05) is 18.8 Å². The van der Waals surface area contributed by atoms with Crippen molar-refractivity contribution in [2.24, 2.45) is 0 Å². The molecule has 21 heavy (non-hydrogen) atoms. The van der Waals surface area contributed by atoms with Crippen molar-refractivity contribution >= 4 is 23.3 Å². The van der Waals surface area contributed by atoms with Crippen LogP contribution in [-0.4, -0.2) is 21.8 Å². The third kappa shape index (κ3) is 4.57. The molecule has 0 saturated heterocycles. The summed E-state index contributed by atoms with van der Waals surface area (Å²) in [5.74, 6) is -0.110. The monoisotopic (exact) mass is 286 g/mol. The summed E-state index contributed by atoms with van der Waals surface area (Å²) in [4.78, 5) is 39.6. The summed E-state index contributed by atoms with van der Waals surface area (Å²) in [6, 6.07) is 8.44. The second-order valence-electron chi connectivity index (χ2n) is 4.39. The lowest BCUT2D eigenvalue weighted by atomic mass is 10.1. The molecule has 2 aromatic rings. The maximum absolute atomic E-state index is 11.8. The quantitative estimate of drug-likeness (QED) is 0.777. The standard InChI is InChI=1S/C14H14N4O3/c1-9(19)16-11-4-2-10(3-5-11)8-13(20)17-12-6-7-15-14(21)18-12/h2-7H,8H2,1H3,(H,16,19)(H2,15,17,18,20,21). The van der Waals surface area contributed by atoms with Crippen molar-refractivity contribution < 1.29 is 9.59 Å². The Balaban J connectivity index is 1.96.